The van der Waals surface area contributed by atoms with Crippen LogP contribution in [0.2, 0.25) is 0 Å². The minimum atomic E-state index is 0.192. The van der Waals surface area contributed by atoms with Crippen LogP contribution in [-0.2, 0) is 6.42 Å². The smallest absolute Gasteiger partial charge is 0.0462 e. The highest BCUT2D eigenvalue weighted by molar-refractivity contribution is 5.29. The van der Waals surface area contributed by atoms with Crippen molar-refractivity contribution in [1.82, 2.24) is 0 Å². The zero-order valence-electron chi connectivity index (χ0n) is 11.1. The number of hydrogen-bond donors (Lipinski definition) is 0. The number of rotatable bonds is 7. The van der Waals surface area contributed by atoms with Crippen LogP contribution in [0.15, 0.2) is 24.3 Å². The van der Waals surface area contributed by atoms with Crippen LogP contribution in [0.1, 0.15) is 63.0 Å². The molecule has 0 aliphatic rings. The molecule has 0 nitrogen and oxygen atoms in total. The number of aryl methyl sites for hydroxylation is 1. The molecular weight excluding hydrogens is 204 g/mol. The molecule has 0 aliphatic carbocycles. The molecular formula is C17H23. The monoisotopic (exact) mass is 227 g/mol. The van der Waals surface area contributed by atoms with Crippen LogP contribution >= 0.6 is 0 Å². The Balaban J connectivity index is 2.59. The van der Waals surface area contributed by atoms with Crippen molar-refractivity contribution in [2.75, 3.05) is 0 Å². The van der Waals surface area contributed by atoms with E-state index in [1.807, 2.05) is 0 Å². The summed E-state index contributed by atoms with van der Waals surface area (Å²) in [6.45, 7) is 4.41. The Kier molecular flexibility index (Phi) is 6.48. The molecule has 0 amide bonds. The SMILES string of the molecule is [C]#CC(CCCCC)c1ccc(CCC)cc1. The van der Waals surface area contributed by atoms with Crippen molar-refractivity contribution in [3.63, 3.8) is 0 Å². The van der Waals surface area contributed by atoms with Crippen LogP contribution in [0.3, 0.4) is 0 Å². The summed E-state index contributed by atoms with van der Waals surface area (Å²) in [5.74, 6) is 2.87. The second kappa shape index (κ2) is 7.96. The molecule has 0 saturated carbocycles. The maximum absolute atomic E-state index is 7.42. The molecule has 0 heterocycles. The van der Waals surface area contributed by atoms with Gasteiger partial charge in [0.2, 0.25) is 0 Å². The van der Waals surface area contributed by atoms with Gasteiger partial charge in [-0.2, -0.15) is 0 Å². The van der Waals surface area contributed by atoms with Crippen LogP contribution in [0.5, 0.6) is 0 Å². The van der Waals surface area contributed by atoms with Crippen LogP contribution in [0, 0.1) is 12.3 Å². The molecule has 0 heteroatoms. The Morgan fingerprint density at radius 1 is 1.06 bits per heavy atom. The highest BCUT2D eigenvalue weighted by atomic mass is 14.1. The first-order valence-corrected chi connectivity index (χ1v) is 6.82. The maximum Gasteiger partial charge on any atom is 0.0462 e. The molecule has 1 aromatic carbocycles. The van der Waals surface area contributed by atoms with Crippen LogP contribution in [0.4, 0.5) is 0 Å². The Labute approximate surface area is 106 Å². The predicted octanol–water partition coefficient (Wildman–Crippen LogP) is 4.89. The van der Waals surface area contributed by atoms with E-state index in [-0.39, 0.29) is 5.92 Å². The fraction of sp³-hybridized carbons (Fsp3) is 0.529. The lowest BCUT2D eigenvalue weighted by molar-refractivity contribution is 0.637. The van der Waals surface area contributed by atoms with Crippen molar-refractivity contribution in [1.29, 1.82) is 0 Å². The van der Waals surface area contributed by atoms with Gasteiger partial charge in [0.1, 0.15) is 0 Å². The van der Waals surface area contributed by atoms with Crippen molar-refractivity contribution in [3.8, 4) is 5.92 Å². The van der Waals surface area contributed by atoms with Crippen LogP contribution < -0.4 is 0 Å². The van der Waals surface area contributed by atoms with Crippen molar-refractivity contribution in [2.45, 2.75) is 58.3 Å². The van der Waals surface area contributed by atoms with E-state index < -0.39 is 0 Å². The molecule has 0 aromatic heterocycles. The average molecular weight is 227 g/mol. The van der Waals surface area contributed by atoms with Crippen LogP contribution in [-0.4, -0.2) is 0 Å². The van der Waals surface area contributed by atoms with Crippen molar-refractivity contribution >= 4 is 0 Å². The van der Waals surface area contributed by atoms with E-state index in [0.29, 0.717) is 0 Å². The highest BCUT2D eigenvalue weighted by Crippen LogP contribution is 2.22. The van der Waals surface area contributed by atoms with Gasteiger partial charge in [-0.15, -0.1) is 0 Å². The average Bonchev–Trinajstić information content (AvgIpc) is 2.36. The summed E-state index contributed by atoms with van der Waals surface area (Å²) >= 11 is 0. The van der Waals surface area contributed by atoms with E-state index in [0.717, 1.165) is 12.8 Å². The van der Waals surface area contributed by atoms with E-state index in [2.05, 4.69) is 44.0 Å². The first kappa shape index (κ1) is 13.8. The fourth-order valence-electron chi connectivity index (χ4n) is 2.13. The lowest BCUT2D eigenvalue weighted by Crippen LogP contribution is -1.96. The summed E-state index contributed by atoms with van der Waals surface area (Å²) in [5.41, 5.74) is 2.64. The summed E-state index contributed by atoms with van der Waals surface area (Å²) in [7, 11) is 0. The molecule has 1 atom stereocenters. The normalized spacial score (nSPS) is 12.1. The number of benzene rings is 1. The third kappa shape index (κ3) is 4.65. The van der Waals surface area contributed by atoms with E-state index >= 15 is 0 Å². The van der Waals surface area contributed by atoms with Gasteiger partial charge in [-0.25, -0.2) is 0 Å². The van der Waals surface area contributed by atoms with E-state index in [4.69, 9.17) is 6.42 Å². The minimum Gasteiger partial charge on any atom is -0.0809 e. The quantitative estimate of drug-likeness (QED) is 0.459. The van der Waals surface area contributed by atoms with Crippen molar-refractivity contribution in [2.24, 2.45) is 0 Å². The third-order valence-corrected chi connectivity index (χ3v) is 3.19. The first-order valence-electron chi connectivity index (χ1n) is 6.82. The van der Waals surface area contributed by atoms with Gasteiger partial charge in [0, 0.05) is 5.92 Å². The van der Waals surface area contributed by atoms with Gasteiger partial charge in [0.15, 0.2) is 0 Å². The molecule has 1 aromatic rings. The molecule has 0 aliphatic heterocycles. The molecule has 1 rings (SSSR count). The number of unbranched alkanes of at least 4 members (excludes halogenated alkanes) is 2. The molecule has 91 valence electrons. The Hall–Kier alpha value is -1.22. The molecule has 0 bridgehead atoms. The van der Waals surface area contributed by atoms with Gasteiger partial charge < -0.3 is 0 Å². The summed E-state index contributed by atoms with van der Waals surface area (Å²) < 4.78 is 0. The topological polar surface area (TPSA) is 0 Å². The number of hydrogen-bond acceptors (Lipinski definition) is 0. The summed E-state index contributed by atoms with van der Waals surface area (Å²) in [6, 6.07) is 8.73. The largest absolute Gasteiger partial charge is 0.0809 e. The second-order valence-electron chi connectivity index (χ2n) is 4.68. The Bertz CT molecular complexity index is 339. The fourth-order valence-corrected chi connectivity index (χ4v) is 2.13. The summed E-state index contributed by atoms with van der Waals surface area (Å²) in [4.78, 5) is 0. The van der Waals surface area contributed by atoms with Crippen molar-refractivity contribution < 1.29 is 0 Å². The zero-order chi connectivity index (χ0) is 12.5. The predicted molar refractivity (Wildman–Crippen MR) is 74.5 cm³/mol. The van der Waals surface area contributed by atoms with Gasteiger partial charge >= 0.3 is 0 Å². The molecule has 0 spiro atoms. The molecule has 0 saturated heterocycles. The Morgan fingerprint density at radius 2 is 1.76 bits per heavy atom. The molecule has 17 heavy (non-hydrogen) atoms. The maximum atomic E-state index is 7.42. The highest BCUT2D eigenvalue weighted by Gasteiger charge is 2.07. The lowest BCUT2D eigenvalue weighted by Gasteiger charge is -2.11. The van der Waals surface area contributed by atoms with E-state index in [1.165, 1.54) is 36.8 Å². The molecule has 0 fully saturated rings. The molecule has 1 radical (unpaired) electrons. The standard InChI is InChI=1S/C17H23/c1-4-7-8-10-16(6-3)17-13-11-15(9-5-2)12-14-17/h11-14,16H,4-5,7-10H2,1-2H3. The summed E-state index contributed by atoms with van der Waals surface area (Å²) in [6.07, 6.45) is 14.5. The van der Waals surface area contributed by atoms with E-state index in [1.54, 1.807) is 0 Å². The second-order valence-corrected chi connectivity index (χ2v) is 4.68. The van der Waals surface area contributed by atoms with Gasteiger partial charge in [-0.1, -0.05) is 69.7 Å². The molecule has 1 unspecified atom stereocenters. The van der Waals surface area contributed by atoms with E-state index in [9.17, 15) is 0 Å². The lowest BCUT2D eigenvalue weighted by atomic mass is 9.93. The third-order valence-electron chi connectivity index (χ3n) is 3.19. The minimum absolute atomic E-state index is 0.192. The van der Waals surface area contributed by atoms with Gasteiger partial charge in [0.05, 0.1) is 0 Å². The first-order chi connectivity index (χ1) is 8.31. The van der Waals surface area contributed by atoms with Gasteiger partial charge in [0.25, 0.3) is 0 Å². The zero-order valence-corrected chi connectivity index (χ0v) is 11.1. The van der Waals surface area contributed by atoms with Gasteiger partial charge in [-0.05, 0) is 30.4 Å². The van der Waals surface area contributed by atoms with Crippen molar-refractivity contribution in [3.05, 3.63) is 41.8 Å². The Morgan fingerprint density at radius 3 is 2.29 bits per heavy atom. The van der Waals surface area contributed by atoms with Crippen LogP contribution in [0.25, 0.3) is 0 Å². The van der Waals surface area contributed by atoms with Gasteiger partial charge in [-0.3, -0.25) is 0 Å². The molecule has 0 N–H and O–H groups in total. The summed E-state index contributed by atoms with van der Waals surface area (Å²) in [5, 5.41) is 0.